The topological polar surface area (TPSA) is 85.1 Å². The molecule has 1 aromatic carbocycles. The number of aryl methyl sites for hydroxylation is 1. The van der Waals surface area contributed by atoms with Crippen molar-refractivity contribution in [2.45, 2.75) is 13.5 Å². The molecule has 6 nitrogen and oxygen atoms in total. The third-order valence-corrected chi connectivity index (χ3v) is 3.47. The van der Waals surface area contributed by atoms with Crippen LogP contribution in [0.2, 0.25) is 0 Å². The molecular weight excluding hydrogens is 338 g/mol. The van der Waals surface area contributed by atoms with E-state index in [4.69, 9.17) is 0 Å². The monoisotopic (exact) mass is 349 g/mol. The molecule has 0 bridgehead atoms. The summed E-state index contributed by atoms with van der Waals surface area (Å²) in [6.45, 7) is 2.12. The molecule has 0 saturated carbocycles. The molecule has 0 aliphatic rings. The first kappa shape index (κ1) is 15.1. The lowest BCUT2D eigenvalue weighted by atomic mass is 10.2. The molecule has 1 aromatic heterocycles. The third-order valence-electron chi connectivity index (χ3n) is 2.78. The maximum absolute atomic E-state index is 12.1. The summed E-state index contributed by atoms with van der Waals surface area (Å²) in [5.41, 5.74) is 1.68. The molecule has 1 N–H and O–H groups in total. The number of nitrogens with one attached hydrogen (secondary N) is 1. The smallest absolute Gasteiger partial charge is 0.270 e. The Balaban J connectivity index is 2.13. The second kappa shape index (κ2) is 6.45. The van der Waals surface area contributed by atoms with Gasteiger partial charge in [0.05, 0.1) is 22.7 Å². The van der Waals surface area contributed by atoms with Crippen molar-refractivity contribution in [3.05, 3.63) is 67.9 Å². The number of pyridine rings is 1. The Morgan fingerprint density at radius 2 is 2.14 bits per heavy atom. The number of halogens is 1. The zero-order chi connectivity index (χ0) is 15.4. The van der Waals surface area contributed by atoms with E-state index in [-0.39, 0.29) is 17.8 Å². The minimum atomic E-state index is -0.536. The van der Waals surface area contributed by atoms with Gasteiger partial charge in [0.25, 0.3) is 11.6 Å². The normalized spacial score (nSPS) is 10.2. The van der Waals surface area contributed by atoms with Gasteiger partial charge >= 0.3 is 0 Å². The molecule has 7 heteroatoms. The van der Waals surface area contributed by atoms with E-state index in [9.17, 15) is 14.9 Å². The van der Waals surface area contributed by atoms with Gasteiger partial charge in [-0.2, -0.15) is 0 Å². The molecule has 0 radical (unpaired) electrons. The van der Waals surface area contributed by atoms with Crippen molar-refractivity contribution in [3.63, 3.8) is 0 Å². The maximum atomic E-state index is 12.1. The summed E-state index contributed by atoms with van der Waals surface area (Å²) in [6, 6.07) is 9.58. The van der Waals surface area contributed by atoms with E-state index in [1.165, 1.54) is 18.2 Å². The fraction of sp³-hybridized carbons (Fsp3) is 0.143. The summed E-state index contributed by atoms with van der Waals surface area (Å²) in [5, 5.41) is 13.4. The van der Waals surface area contributed by atoms with E-state index < -0.39 is 10.8 Å². The Bertz CT molecular complexity index is 704. The van der Waals surface area contributed by atoms with Crippen molar-refractivity contribution in [3.8, 4) is 0 Å². The lowest BCUT2D eigenvalue weighted by Gasteiger charge is -2.07. The van der Waals surface area contributed by atoms with E-state index in [1.807, 2.05) is 19.1 Å². The number of carbonyl (C=O) groups is 1. The van der Waals surface area contributed by atoms with Crippen molar-refractivity contribution < 1.29 is 9.72 Å². The number of aromatic nitrogens is 1. The summed E-state index contributed by atoms with van der Waals surface area (Å²) < 4.78 is 0.503. The number of benzene rings is 1. The molecule has 0 fully saturated rings. The summed E-state index contributed by atoms with van der Waals surface area (Å²) in [4.78, 5) is 26.6. The quantitative estimate of drug-likeness (QED) is 0.679. The van der Waals surface area contributed by atoms with Gasteiger partial charge in [-0.05, 0) is 41.1 Å². The van der Waals surface area contributed by atoms with Crippen molar-refractivity contribution in [2.75, 3.05) is 0 Å². The van der Waals surface area contributed by atoms with Crippen LogP contribution in [0.15, 0.2) is 40.9 Å². The number of rotatable bonds is 4. The number of nitrogens with zero attached hydrogens (tertiary/aromatic N) is 2. The highest BCUT2D eigenvalue weighted by atomic mass is 79.9. The Labute approximate surface area is 129 Å². The molecular formula is C14H12BrN3O3. The number of amides is 1. The van der Waals surface area contributed by atoms with E-state index in [0.29, 0.717) is 4.47 Å². The number of hydrogen-bond donors (Lipinski definition) is 1. The van der Waals surface area contributed by atoms with Crippen LogP contribution in [0.25, 0.3) is 0 Å². The van der Waals surface area contributed by atoms with Gasteiger partial charge in [0.1, 0.15) is 0 Å². The van der Waals surface area contributed by atoms with E-state index >= 15 is 0 Å². The summed E-state index contributed by atoms with van der Waals surface area (Å²) in [7, 11) is 0. The minimum Gasteiger partial charge on any atom is -0.346 e. The summed E-state index contributed by atoms with van der Waals surface area (Å²) in [5.74, 6) is -0.395. The van der Waals surface area contributed by atoms with Crippen LogP contribution < -0.4 is 5.32 Å². The van der Waals surface area contributed by atoms with Crippen LogP contribution in [0.3, 0.4) is 0 Å². The van der Waals surface area contributed by atoms with Gasteiger partial charge in [-0.3, -0.25) is 19.9 Å². The first-order valence-electron chi connectivity index (χ1n) is 6.12. The fourth-order valence-electron chi connectivity index (χ4n) is 1.76. The maximum Gasteiger partial charge on any atom is 0.270 e. The average Bonchev–Trinajstić information content (AvgIpc) is 2.45. The average molecular weight is 350 g/mol. The van der Waals surface area contributed by atoms with Crippen LogP contribution in [0.1, 0.15) is 21.7 Å². The van der Waals surface area contributed by atoms with Gasteiger partial charge in [0.2, 0.25) is 0 Å². The highest BCUT2D eigenvalue weighted by molar-refractivity contribution is 9.10. The molecule has 21 heavy (non-hydrogen) atoms. The number of nitro benzene ring substituents is 1. The van der Waals surface area contributed by atoms with Crippen LogP contribution in [-0.4, -0.2) is 15.8 Å². The highest BCUT2D eigenvalue weighted by Gasteiger charge is 2.15. The number of carbonyl (C=O) groups excluding carboxylic acids is 1. The molecule has 0 unspecified atom stereocenters. The van der Waals surface area contributed by atoms with Crippen LogP contribution in [0, 0.1) is 17.0 Å². The van der Waals surface area contributed by atoms with Crippen molar-refractivity contribution in [2.24, 2.45) is 0 Å². The first-order valence-corrected chi connectivity index (χ1v) is 6.91. The molecule has 1 heterocycles. The Kier molecular flexibility index (Phi) is 4.64. The number of hydrogen-bond acceptors (Lipinski definition) is 4. The van der Waals surface area contributed by atoms with Crippen molar-refractivity contribution >= 4 is 27.5 Å². The lowest BCUT2D eigenvalue weighted by Crippen LogP contribution is -2.23. The van der Waals surface area contributed by atoms with Crippen molar-refractivity contribution in [1.29, 1.82) is 0 Å². The molecule has 0 aliphatic carbocycles. The van der Waals surface area contributed by atoms with Crippen LogP contribution >= 0.6 is 15.9 Å². The zero-order valence-electron chi connectivity index (χ0n) is 11.2. The minimum absolute atomic E-state index is 0.128. The Morgan fingerprint density at radius 1 is 1.38 bits per heavy atom. The zero-order valence-corrected chi connectivity index (χ0v) is 12.8. The SMILES string of the molecule is Cc1cccc(CNC(=O)c2cc([N+](=O)[O-])ccc2Br)n1. The molecule has 2 aromatic rings. The second-order valence-electron chi connectivity index (χ2n) is 4.37. The fourth-order valence-corrected chi connectivity index (χ4v) is 2.19. The predicted molar refractivity (Wildman–Crippen MR) is 80.9 cm³/mol. The van der Waals surface area contributed by atoms with Gasteiger partial charge in [-0.15, -0.1) is 0 Å². The Morgan fingerprint density at radius 3 is 2.81 bits per heavy atom. The highest BCUT2D eigenvalue weighted by Crippen LogP contribution is 2.22. The Hall–Kier alpha value is -2.28. The van der Waals surface area contributed by atoms with E-state index in [1.54, 1.807) is 6.07 Å². The predicted octanol–water partition coefficient (Wildman–Crippen LogP) is 2.99. The number of nitro groups is 1. The molecule has 0 atom stereocenters. The van der Waals surface area contributed by atoms with Gasteiger partial charge in [0.15, 0.2) is 0 Å². The van der Waals surface area contributed by atoms with Crippen LogP contribution in [0.4, 0.5) is 5.69 Å². The standard InChI is InChI=1S/C14H12BrN3O3/c1-9-3-2-4-10(17-9)8-16-14(19)12-7-11(18(20)21)5-6-13(12)15/h2-7H,8H2,1H3,(H,16,19). The van der Waals surface area contributed by atoms with Crippen molar-refractivity contribution in [1.82, 2.24) is 10.3 Å². The second-order valence-corrected chi connectivity index (χ2v) is 5.23. The molecule has 108 valence electrons. The summed E-state index contributed by atoms with van der Waals surface area (Å²) >= 11 is 3.22. The van der Waals surface area contributed by atoms with Gasteiger partial charge in [-0.1, -0.05) is 6.07 Å². The van der Waals surface area contributed by atoms with Crippen LogP contribution in [0.5, 0.6) is 0 Å². The third kappa shape index (κ3) is 3.85. The van der Waals surface area contributed by atoms with E-state index in [2.05, 4.69) is 26.2 Å². The molecule has 0 spiro atoms. The number of non-ortho nitro benzene ring substituents is 1. The van der Waals surface area contributed by atoms with Gasteiger partial charge in [-0.25, -0.2) is 0 Å². The molecule has 0 saturated heterocycles. The lowest BCUT2D eigenvalue weighted by molar-refractivity contribution is -0.384. The molecule has 1 amide bonds. The van der Waals surface area contributed by atoms with Gasteiger partial charge < -0.3 is 5.32 Å². The largest absolute Gasteiger partial charge is 0.346 e. The summed E-state index contributed by atoms with van der Waals surface area (Å²) in [6.07, 6.45) is 0. The molecule has 2 rings (SSSR count). The van der Waals surface area contributed by atoms with E-state index in [0.717, 1.165) is 11.4 Å². The van der Waals surface area contributed by atoms with Gasteiger partial charge in [0, 0.05) is 22.3 Å². The molecule has 0 aliphatic heterocycles. The van der Waals surface area contributed by atoms with Crippen LogP contribution in [-0.2, 0) is 6.54 Å². The first-order chi connectivity index (χ1) is 9.97.